The number of fused-ring (bicyclic) bond motifs is 2. The minimum Gasteiger partial charge on any atom is -0.321 e. The molecular formula is C36H37ClF6N8O3S. The van der Waals surface area contributed by atoms with Crippen LogP contribution in [0.25, 0.3) is 27.6 Å². The van der Waals surface area contributed by atoms with Crippen molar-refractivity contribution in [1.29, 1.82) is 0 Å². The number of nitrogens with one attached hydrogen (secondary N) is 1. The summed E-state index contributed by atoms with van der Waals surface area (Å²) in [6.07, 6.45) is 0.0842. The fraction of sp³-hybridized carbons (Fsp3) is 0.444. The van der Waals surface area contributed by atoms with Gasteiger partial charge in [-0.3, -0.25) is 23.7 Å². The summed E-state index contributed by atoms with van der Waals surface area (Å²) in [7, 11) is -3.93. The zero-order chi connectivity index (χ0) is 39.6. The molecule has 0 amide bonds. The highest BCUT2D eigenvalue weighted by Gasteiger charge is 2.38. The highest BCUT2D eigenvalue weighted by atomic mass is 35.5. The Labute approximate surface area is 316 Å². The number of anilines is 1. The van der Waals surface area contributed by atoms with Gasteiger partial charge in [-0.15, -0.1) is 0 Å². The molecule has 55 heavy (non-hydrogen) atoms. The smallest absolute Gasteiger partial charge is 0.268 e. The normalized spacial score (nSPS) is 18.4. The molecule has 3 N–H and O–H groups in total. The van der Waals surface area contributed by atoms with Gasteiger partial charge in [-0.2, -0.15) is 5.10 Å². The Kier molecular flexibility index (Phi) is 10.2. The highest BCUT2D eigenvalue weighted by molar-refractivity contribution is 7.92. The predicted molar refractivity (Wildman–Crippen MR) is 196 cm³/mol. The van der Waals surface area contributed by atoms with Gasteiger partial charge >= 0.3 is 0 Å². The van der Waals surface area contributed by atoms with Gasteiger partial charge < -0.3 is 5.73 Å². The number of likely N-dealkylation sites (tertiary alicyclic amines) is 1. The lowest BCUT2D eigenvalue weighted by atomic mass is 9.84. The summed E-state index contributed by atoms with van der Waals surface area (Å²) in [4.78, 5) is 25.8. The molecule has 4 heterocycles. The van der Waals surface area contributed by atoms with Gasteiger partial charge in [0.25, 0.3) is 11.5 Å². The van der Waals surface area contributed by atoms with E-state index in [1.54, 1.807) is 13.0 Å². The molecule has 1 saturated carbocycles. The third kappa shape index (κ3) is 8.18. The van der Waals surface area contributed by atoms with E-state index in [4.69, 9.17) is 22.3 Å². The van der Waals surface area contributed by atoms with Crippen LogP contribution in [0.4, 0.5) is 32.2 Å². The molecule has 2 aromatic carbocycles. The molecule has 0 unspecified atom stereocenters. The van der Waals surface area contributed by atoms with Crippen molar-refractivity contribution in [3.8, 4) is 5.69 Å². The van der Waals surface area contributed by atoms with Crippen LogP contribution < -0.4 is 16.0 Å². The van der Waals surface area contributed by atoms with Crippen LogP contribution in [0.5, 0.6) is 0 Å². The maximum Gasteiger partial charge on any atom is 0.268 e. The molecule has 2 aliphatic rings. The number of aryl methyl sites for hydroxylation is 1. The number of aromatic nitrogens is 5. The van der Waals surface area contributed by atoms with Gasteiger partial charge in [0.15, 0.2) is 11.5 Å². The van der Waals surface area contributed by atoms with Crippen LogP contribution in [0.3, 0.4) is 0 Å². The molecule has 5 aromatic rings. The Morgan fingerprint density at radius 3 is 2.31 bits per heavy atom. The van der Waals surface area contributed by atoms with Crippen LogP contribution in [-0.2, 0) is 23.0 Å². The molecule has 1 aliphatic heterocycles. The summed E-state index contributed by atoms with van der Waals surface area (Å²) in [5, 5.41) is 4.69. The van der Waals surface area contributed by atoms with E-state index in [1.807, 2.05) is 0 Å². The van der Waals surface area contributed by atoms with Crippen LogP contribution in [0.1, 0.15) is 66.7 Å². The van der Waals surface area contributed by atoms with E-state index in [2.05, 4.69) is 14.8 Å². The average molecular weight is 811 g/mol. The standard InChI is InChI=1S/C36H37ClF6N8O3S/c1-19-13-26(21-5-7-35(40,41)8-6-21)45-31-28(19)34(52)51(33(46-31)25(44)16-20-14-22(38)17-23(39)15-20)27-4-3-24(37)29-30(27)50(47-32(29)48-55(2,53)54)12-11-49-10-9-36(42,43)18-49/h3-4,13-15,17,21,25H,5-12,16,18,44H2,1-2H3,(H,47,48)/t25-/m0/s1. The van der Waals surface area contributed by atoms with Crippen molar-refractivity contribution in [2.45, 2.75) is 75.8 Å². The quantitative estimate of drug-likeness (QED) is 0.150. The fourth-order valence-electron chi connectivity index (χ4n) is 7.59. The van der Waals surface area contributed by atoms with E-state index < -0.39 is 51.6 Å². The van der Waals surface area contributed by atoms with Gasteiger partial charge in [0, 0.05) is 50.0 Å². The first kappa shape index (κ1) is 39.0. The largest absolute Gasteiger partial charge is 0.321 e. The monoisotopic (exact) mass is 810 g/mol. The second-order valence-electron chi connectivity index (χ2n) is 14.5. The first-order chi connectivity index (χ1) is 25.8. The van der Waals surface area contributed by atoms with Gasteiger partial charge in [-0.05, 0) is 67.6 Å². The molecule has 1 saturated heterocycles. The number of alkyl halides is 4. The molecule has 3 aromatic heterocycles. The molecule has 11 nitrogen and oxygen atoms in total. The molecule has 0 spiro atoms. The number of pyridine rings is 1. The zero-order valence-corrected chi connectivity index (χ0v) is 31.3. The summed E-state index contributed by atoms with van der Waals surface area (Å²) in [6, 6.07) is 6.23. The Hall–Kier alpha value is -4.26. The van der Waals surface area contributed by atoms with Crippen molar-refractivity contribution in [1.82, 2.24) is 29.2 Å². The number of rotatable bonds is 10. The van der Waals surface area contributed by atoms with E-state index in [-0.39, 0.29) is 114 Å². The summed E-state index contributed by atoms with van der Waals surface area (Å²) >= 11 is 6.68. The van der Waals surface area contributed by atoms with Gasteiger partial charge in [0.1, 0.15) is 17.5 Å². The highest BCUT2D eigenvalue weighted by Crippen LogP contribution is 2.41. The summed E-state index contributed by atoms with van der Waals surface area (Å²) < 4.78 is 115. The van der Waals surface area contributed by atoms with Crippen molar-refractivity contribution >= 4 is 49.4 Å². The topological polar surface area (TPSA) is 141 Å². The third-order valence-electron chi connectivity index (χ3n) is 10.1. The number of halogens is 7. The van der Waals surface area contributed by atoms with Crippen LogP contribution >= 0.6 is 11.6 Å². The molecule has 2 fully saturated rings. The van der Waals surface area contributed by atoms with E-state index in [9.17, 15) is 39.6 Å². The van der Waals surface area contributed by atoms with Crippen molar-refractivity contribution in [2.24, 2.45) is 5.73 Å². The first-order valence-corrected chi connectivity index (χ1v) is 19.8. The van der Waals surface area contributed by atoms with Crippen LogP contribution in [-0.4, -0.2) is 75.4 Å². The molecule has 19 heteroatoms. The lowest BCUT2D eigenvalue weighted by Gasteiger charge is -2.28. The Bertz CT molecular complexity index is 2470. The number of nitrogens with two attached hydrogens (primary N) is 1. The van der Waals surface area contributed by atoms with Crippen molar-refractivity contribution in [2.75, 3.05) is 30.6 Å². The predicted octanol–water partition coefficient (Wildman–Crippen LogP) is 6.62. The Morgan fingerprint density at radius 1 is 0.982 bits per heavy atom. The second kappa shape index (κ2) is 14.4. The molecule has 7 rings (SSSR count). The fourth-order valence-corrected chi connectivity index (χ4v) is 8.32. The van der Waals surface area contributed by atoms with Crippen molar-refractivity contribution < 1.29 is 34.8 Å². The van der Waals surface area contributed by atoms with Crippen LogP contribution in [0.2, 0.25) is 5.02 Å². The van der Waals surface area contributed by atoms with Crippen LogP contribution in [0, 0.1) is 18.6 Å². The van der Waals surface area contributed by atoms with Crippen LogP contribution in [0.15, 0.2) is 41.2 Å². The molecule has 294 valence electrons. The second-order valence-corrected chi connectivity index (χ2v) is 16.7. The van der Waals surface area contributed by atoms with E-state index in [0.717, 1.165) is 18.4 Å². The molecule has 1 aliphatic carbocycles. The van der Waals surface area contributed by atoms with E-state index in [1.165, 1.54) is 26.3 Å². The summed E-state index contributed by atoms with van der Waals surface area (Å²) in [5.41, 5.74) is 7.38. The lowest BCUT2D eigenvalue weighted by Crippen LogP contribution is -2.31. The van der Waals surface area contributed by atoms with Crippen molar-refractivity contribution in [3.05, 3.63) is 86.1 Å². The molecule has 0 bridgehead atoms. The molecule has 1 atom stereocenters. The van der Waals surface area contributed by atoms with E-state index in [0.29, 0.717) is 17.3 Å². The third-order valence-corrected chi connectivity index (χ3v) is 11.0. The van der Waals surface area contributed by atoms with Crippen molar-refractivity contribution in [3.63, 3.8) is 0 Å². The van der Waals surface area contributed by atoms with Gasteiger partial charge in [-0.1, -0.05) is 11.6 Å². The zero-order valence-electron chi connectivity index (χ0n) is 29.7. The number of sulfonamides is 1. The Morgan fingerprint density at radius 2 is 1.67 bits per heavy atom. The number of hydrogen-bond acceptors (Lipinski definition) is 8. The maximum atomic E-state index is 14.9. The van der Waals surface area contributed by atoms with Gasteiger partial charge in [-0.25, -0.2) is 44.7 Å². The lowest BCUT2D eigenvalue weighted by molar-refractivity contribution is -0.0384. The summed E-state index contributed by atoms with van der Waals surface area (Å²) in [5.74, 6) is -7.96. The Balaban J connectivity index is 1.45. The SMILES string of the molecule is Cc1cc(C2CCC(F)(F)CC2)nc2nc([C@@H](N)Cc3cc(F)cc(F)c3)n(-c3ccc(Cl)c4c(NS(C)(=O)=O)nn(CCN5CCC(F)(F)C5)c34)c(=O)c12. The van der Waals surface area contributed by atoms with Gasteiger partial charge in [0.2, 0.25) is 15.9 Å². The minimum atomic E-state index is -3.93. The van der Waals surface area contributed by atoms with E-state index >= 15 is 0 Å². The minimum absolute atomic E-state index is 0.0161. The number of hydrogen-bond donors (Lipinski definition) is 2. The molecule has 0 radical (unpaired) electrons. The summed E-state index contributed by atoms with van der Waals surface area (Å²) in [6.45, 7) is 1.33. The number of nitrogens with zero attached hydrogens (tertiary/aromatic N) is 6. The first-order valence-electron chi connectivity index (χ1n) is 17.6. The molecular weight excluding hydrogens is 774 g/mol. The maximum absolute atomic E-state index is 14.9. The average Bonchev–Trinajstić information content (AvgIpc) is 3.61. The number of benzene rings is 2. The van der Waals surface area contributed by atoms with Gasteiger partial charge in [0.05, 0.1) is 52.4 Å².